The van der Waals surface area contributed by atoms with Crippen LogP contribution in [0.25, 0.3) is 5.65 Å². The van der Waals surface area contributed by atoms with E-state index in [0.29, 0.717) is 11.3 Å². The molecule has 0 radical (unpaired) electrons. The Labute approximate surface area is 247 Å². The molecule has 0 saturated carbocycles. The van der Waals surface area contributed by atoms with Gasteiger partial charge in [0, 0.05) is 22.8 Å². The van der Waals surface area contributed by atoms with Crippen LogP contribution in [0.4, 0.5) is 5.13 Å². The lowest BCUT2D eigenvalue weighted by Gasteiger charge is -2.50. The number of carbonyl (C=O) groups is 4. The van der Waals surface area contributed by atoms with Crippen molar-refractivity contribution in [1.82, 2.24) is 19.8 Å². The molecule has 1 fully saturated rings. The zero-order valence-corrected chi connectivity index (χ0v) is 24.4. The number of thioether (sulfide) groups is 1. The van der Waals surface area contributed by atoms with Crippen molar-refractivity contribution in [3.8, 4) is 0 Å². The van der Waals surface area contributed by atoms with Gasteiger partial charge >= 0.3 is 5.97 Å². The molecule has 2 aliphatic heterocycles. The van der Waals surface area contributed by atoms with E-state index in [2.05, 4.69) is 15.5 Å². The van der Waals surface area contributed by atoms with Crippen molar-refractivity contribution in [3.05, 3.63) is 59.1 Å². The number of pyridine rings is 1. The molecule has 0 aromatic carbocycles. The highest BCUT2D eigenvalue weighted by molar-refractivity contribution is 8.00. The van der Waals surface area contributed by atoms with Gasteiger partial charge in [0.25, 0.3) is 17.5 Å². The third kappa shape index (κ3) is 5.94. The largest absolute Gasteiger partial charge is 0.543 e. The minimum atomic E-state index is -1.48. The van der Waals surface area contributed by atoms with E-state index in [1.165, 1.54) is 17.1 Å². The third-order valence-corrected chi connectivity index (χ3v) is 8.21. The van der Waals surface area contributed by atoms with E-state index < -0.39 is 47.4 Å². The van der Waals surface area contributed by atoms with Crippen LogP contribution in [0.5, 0.6) is 0 Å². The van der Waals surface area contributed by atoms with Gasteiger partial charge in [-0.3, -0.25) is 14.5 Å². The molecule has 16 heteroatoms. The van der Waals surface area contributed by atoms with Gasteiger partial charge in [-0.2, -0.15) is 0 Å². The summed E-state index contributed by atoms with van der Waals surface area (Å²) in [5.41, 5.74) is 5.88. The Morgan fingerprint density at radius 1 is 1.29 bits per heavy atom. The maximum absolute atomic E-state index is 13.3. The van der Waals surface area contributed by atoms with Gasteiger partial charge in [-0.05, 0) is 26.8 Å². The fourth-order valence-corrected chi connectivity index (χ4v) is 6.39. The van der Waals surface area contributed by atoms with E-state index in [4.69, 9.17) is 15.3 Å². The van der Waals surface area contributed by atoms with Crippen LogP contribution in [0.1, 0.15) is 26.5 Å². The van der Waals surface area contributed by atoms with Crippen LogP contribution in [0.3, 0.4) is 0 Å². The number of carboxylic acid groups (broad SMARTS) is 1. The minimum absolute atomic E-state index is 0.0774. The van der Waals surface area contributed by atoms with Crippen molar-refractivity contribution in [2.75, 3.05) is 18.1 Å². The number of nitrogens with two attached hydrogens (primary N) is 1. The van der Waals surface area contributed by atoms with Crippen molar-refractivity contribution in [2.45, 2.75) is 44.3 Å². The number of carboxylic acids is 1. The van der Waals surface area contributed by atoms with Gasteiger partial charge in [-0.25, -0.2) is 18.7 Å². The number of nitrogens with zero attached hydrogens (tertiary/aromatic N) is 5. The van der Waals surface area contributed by atoms with Crippen LogP contribution in [0.15, 0.2) is 58.6 Å². The number of amides is 2. The number of imidazole rings is 1. The summed E-state index contributed by atoms with van der Waals surface area (Å²) in [5.74, 6) is -3.31. The molecule has 5 rings (SSSR count). The number of fused-ring (bicyclic) bond motifs is 2. The average Bonchev–Trinajstić information content (AvgIpc) is 3.54. The molecule has 3 aromatic heterocycles. The summed E-state index contributed by atoms with van der Waals surface area (Å²) in [6, 6.07) is 4.60. The predicted molar refractivity (Wildman–Crippen MR) is 150 cm³/mol. The molecule has 220 valence electrons. The van der Waals surface area contributed by atoms with Crippen LogP contribution in [-0.2, 0) is 35.3 Å². The summed E-state index contributed by atoms with van der Waals surface area (Å²) in [7, 11) is 0. The fourth-order valence-electron chi connectivity index (χ4n) is 4.51. The standard InChI is InChI=1S/C26H27N7O7S2/c1-26(2,3)40-17(34)11-39-30-18(15-13-42-25(27)28-15)21(35)29-19-22(36)33-20(24(37)38)14(12-41-23(19)33)10-32-9-8-31-7-5-4-6-16(31)32/h4-9,13,19,23H,10-12H2,1-3H3,(H3-,27,28,29,35,37,38)/b30-18+/t19-,23-/m1/s1. The third-order valence-electron chi connectivity index (χ3n) is 6.20. The topological polar surface area (TPSA) is 185 Å². The van der Waals surface area contributed by atoms with Crippen molar-refractivity contribution in [3.63, 3.8) is 0 Å². The lowest BCUT2D eigenvalue weighted by atomic mass is 10.0. The lowest BCUT2D eigenvalue weighted by Crippen LogP contribution is -2.71. The van der Waals surface area contributed by atoms with E-state index in [1.54, 1.807) is 20.8 Å². The number of hydrogen-bond donors (Lipinski definition) is 2. The number of hydrogen-bond acceptors (Lipinski definition) is 12. The number of oxime groups is 1. The number of esters is 1. The number of carbonyl (C=O) groups excluding carboxylic acids is 4. The molecular formula is C26H27N7O7S2. The minimum Gasteiger partial charge on any atom is -0.543 e. The number of ether oxygens (including phenoxy) is 1. The number of rotatable bonds is 9. The summed E-state index contributed by atoms with van der Waals surface area (Å²) in [6.45, 7) is 4.75. The van der Waals surface area contributed by atoms with E-state index in [9.17, 15) is 24.3 Å². The Hall–Kier alpha value is -4.44. The lowest BCUT2D eigenvalue weighted by molar-refractivity contribution is -0.510. The predicted octanol–water partition coefficient (Wildman–Crippen LogP) is -0.568. The molecule has 3 aromatic rings. The first kappa shape index (κ1) is 29.1. The first-order valence-corrected chi connectivity index (χ1v) is 14.6. The molecule has 0 bridgehead atoms. The van der Waals surface area contributed by atoms with Crippen LogP contribution in [0, 0.1) is 0 Å². The number of anilines is 1. The highest BCUT2D eigenvalue weighted by Crippen LogP contribution is 2.40. The van der Waals surface area contributed by atoms with Crippen LogP contribution >= 0.6 is 23.1 Å². The molecule has 3 N–H and O–H groups in total. The number of nitrogens with one attached hydrogen (secondary N) is 1. The van der Waals surface area contributed by atoms with Gasteiger partial charge in [0.1, 0.15) is 41.6 Å². The van der Waals surface area contributed by atoms with E-state index in [0.717, 1.165) is 21.9 Å². The van der Waals surface area contributed by atoms with Crippen molar-refractivity contribution in [1.29, 1.82) is 0 Å². The van der Waals surface area contributed by atoms with Gasteiger partial charge < -0.3 is 30.5 Å². The molecular weight excluding hydrogens is 586 g/mol. The van der Waals surface area contributed by atoms with Crippen molar-refractivity contribution < 1.29 is 38.3 Å². The maximum atomic E-state index is 13.3. The average molecular weight is 614 g/mol. The molecule has 5 heterocycles. The molecule has 1 saturated heterocycles. The quantitative estimate of drug-likeness (QED) is 0.104. The molecule has 2 amide bonds. The van der Waals surface area contributed by atoms with E-state index in [-0.39, 0.29) is 28.8 Å². The molecule has 0 aliphatic carbocycles. The highest BCUT2D eigenvalue weighted by Gasteiger charge is 2.53. The highest BCUT2D eigenvalue weighted by atomic mass is 32.2. The summed E-state index contributed by atoms with van der Waals surface area (Å²) < 4.78 is 8.94. The Morgan fingerprint density at radius 3 is 2.76 bits per heavy atom. The summed E-state index contributed by atoms with van der Waals surface area (Å²) in [6.07, 6.45) is 5.54. The van der Waals surface area contributed by atoms with E-state index in [1.807, 2.05) is 45.8 Å². The first-order valence-electron chi connectivity index (χ1n) is 12.7. The van der Waals surface area contributed by atoms with Gasteiger partial charge in [-0.15, -0.1) is 23.1 Å². The first-order chi connectivity index (χ1) is 19.9. The van der Waals surface area contributed by atoms with Gasteiger partial charge in [-0.1, -0.05) is 11.2 Å². The number of aliphatic carboxylic acids is 1. The monoisotopic (exact) mass is 613 g/mol. The number of nitrogen functional groups attached to an aromatic ring is 1. The smallest absolute Gasteiger partial charge is 0.347 e. The maximum Gasteiger partial charge on any atom is 0.347 e. The molecule has 14 nitrogen and oxygen atoms in total. The van der Waals surface area contributed by atoms with Crippen LogP contribution < -0.4 is 20.6 Å². The molecule has 0 spiro atoms. The second kappa shape index (κ2) is 11.4. The SMILES string of the molecule is CC(C)(C)OC(=O)CO/N=C(/C(=O)N[C@@H]1C(=O)N2C(C(=O)[O-])=C(Cn3cc[n+]4ccccc34)CS[C@H]12)c1csc(N)n1. The second-order valence-corrected chi connectivity index (χ2v) is 12.4. The van der Waals surface area contributed by atoms with Crippen molar-refractivity contribution >= 4 is 63.3 Å². The van der Waals surface area contributed by atoms with Gasteiger partial charge in [0.2, 0.25) is 6.61 Å². The molecule has 42 heavy (non-hydrogen) atoms. The number of thiazole rings is 1. The van der Waals surface area contributed by atoms with E-state index >= 15 is 0 Å². The molecule has 2 atom stereocenters. The van der Waals surface area contributed by atoms with Crippen LogP contribution in [0.2, 0.25) is 0 Å². The van der Waals surface area contributed by atoms with Gasteiger partial charge in [0.15, 0.2) is 10.8 Å². The number of β-lactam (4-membered cyclic amide) rings is 1. The molecule has 2 aliphatic rings. The Morgan fingerprint density at radius 2 is 2.07 bits per heavy atom. The zero-order valence-electron chi connectivity index (χ0n) is 22.8. The Bertz CT molecular complexity index is 1640. The second-order valence-electron chi connectivity index (χ2n) is 10.4. The Kier molecular flexibility index (Phi) is 7.92. The van der Waals surface area contributed by atoms with Crippen molar-refractivity contribution in [2.24, 2.45) is 5.16 Å². The van der Waals surface area contributed by atoms with Gasteiger partial charge in [0.05, 0.1) is 17.9 Å². The summed E-state index contributed by atoms with van der Waals surface area (Å²) in [4.78, 5) is 60.9. The normalized spacial score (nSPS) is 18.9. The number of aromatic nitrogens is 3. The Balaban J connectivity index is 1.32. The molecule has 0 unspecified atom stereocenters. The van der Waals surface area contributed by atoms with Crippen LogP contribution in [-0.4, -0.2) is 73.3 Å². The summed E-state index contributed by atoms with van der Waals surface area (Å²) in [5, 5.41) is 19.5. The summed E-state index contributed by atoms with van der Waals surface area (Å²) >= 11 is 2.38. The zero-order chi connectivity index (χ0) is 30.2. The fraction of sp³-hybridized carbons (Fsp3) is 0.346.